The van der Waals surface area contributed by atoms with E-state index in [0.29, 0.717) is 13.0 Å². The zero-order valence-corrected chi connectivity index (χ0v) is 12.3. The average molecular weight is 287 g/mol. The van der Waals surface area contributed by atoms with Crippen LogP contribution in [0.1, 0.15) is 30.7 Å². The molecule has 2 N–H and O–H groups in total. The monoisotopic (exact) mass is 287 g/mol. The topological polar surface area (TPSA) is 61.4 Å². The Hall–Kier alpha value is -2.04. The summed E-state index contributed by atoms with van der Waals surface area (Å²) in [5.41, 5.74) is 2.33. The van der Waals surface area contributed by atoms with Gasteiger partial charge in [-0.2, -0.15) is 0 Å². The van der Waals surface area contributed by atoms with Crippen molar-refractivity contribution < 1.29 is 9.59 Å². The van der Waals surface area contributed by atoms with Gasteiger partial charge in [0.15, 0.2) is 0 Å². The minimum absolute atomic E-state index is 0.0502. The highest BCUT2D eigenvalue weighted by molar-refractivity contribution is 5.88. The van der Waals surface area contributed by atoms with Gasteiger partial charge in [0.1, 0.15) is 6.04 Å². The number of nitrogens with zero attached hydrogens (tertiary/aromatic N) is 1. The number of fused-ring (bicyclic) bond motifs is 1. The zero-order valence-electron chi connectivity index (χ0n) is 12.3. The van der Waals surface area contributed by atoms with Crippen molar-refractivity contribution in [2.75, 3.05) is 25.5 Å². The Morgan fingerprint density at radius 1 is 1.38 bits per heavy atom. The molecule has 0 aliphatic carbocycles. The molecule has 1 aromatic carbocycles. The standard InChI is InChI=1S/C16H21N3O2/c1-17-16(21)14-7-4-8-19(14)15(20)9-11-10-18-13-6-3-2-5-12(11)13/h2-3,5-6,11,14,18H,4,7-10H2,1H3,(H,17,21). The third-order valence-electron chi connectivity index (χ3n) is 4.48. The van der Waals surface area contributed by atoms with E-state index < -0.39 is 0 Å². The van der Waals surface area contributed by atoms with Crippen LogP contribution in [-0.4, -0.2) is 42.9 Å². The molecule has 2 unspecified atom stereocenters. The molecule has 5 nitrogen and oxygen atoms in total. The summed E-state index contributed by atoms with van der Waals surface area (Å²) >= 11 is 0. The maximum Gasteiger partial charge on any atom is 0.242 e. The largest absolute Gasteiger partial charge is 0.384 e. The van der Waals surface area contributed by atoms with E-state index in [0.717, 1.165) is 25.1 Å². The van der Waals surface area contributed by atoms with Gasteiger partial charge < -0.3 is 15.5 Å². The molecule has 0 aromatic heterocycles. The Balaban J connectivity index is 1.68. The Bertz CT molecular complexity index is 558. The number of carbonyl (C=O) groups excluding carboxylic acids is 2. The maximum absolute atomic E-state index is 12.6. The van der Waals surface area contributed by atoms with E-state index in [1.54, 1.807) is 11.9 Å². The molecule has 1 fully saturated rings. The summed E-state index contributed by atoms with van der Waals surface area (Å²) in [7, 11) is 1.63. The lowest BCUT2D eigenvalue weighted by molar-refractivity contribution is -0.138. The Labute approximate surface area is 124 Å². The normalized spacial score (nSPS) is 23.6. The number of hydrogen-bond donors (Lipinski definition) is 2. The zero-order chi connectivity index (χ0) is 14.8. The van der Waals surface area contributed by atoms with Crippen LogP contribution in [0.15, 0.2) is 24.3 Å². The number of likely N-dealkylation sites (tertiary alicyclic amines) is 1. The molecule has 112 valence electrons. The Kier molecular flexibility index (Phi) is 3.82. The molecule has 1 saturated heterocycles. The van der Waals surface area contributed by atoms with Crippen molar-refractivity contribution >= 4 is 17.5 Å². The van der Waals surface area contributed by atoms with Crippen molar-refractivity contribution in [1.82, 2.24) is 10.2 Å². The van der Waals surface area contributed by atoms with Gasteiger partial charge in [-0.15, -0.1) is 0 Å². The molecule has 1 aromatic rings. The highest BCUT2D eigenvalue weighted by Gasteiger charge is 2.35. The van der Waals surface area contributed by atoms with Crippen molar-refractivity contribution in [3.8, 4) is 0 Å². The molecule has 2 aliphatic heterocycles. The smallest absolute Gasteiger partial charge is 0.242 e. The van der Waals surface area contributed by atoms with Gasteiger partial charge in [-0.3, -0.25) is 9.59 Å². The SMILES string of the molecule is CNC(=O)C1CCCN1C(=O)CC1CNc2ccccc21. The lowest BCUT2D eigenvalue weighted by Gasteiger charge is -2.24. The Morgan fingerprint density at radius 2 is 2.19 bits per heavy atom. The van der Waals surface area contributed by atoms with Gasteiger partial charge in [0.05, 0.1) is 0 Å². The highest BCUT2D eigenvalue weighted by Crippen LogP contribution is 2.34. The number of para-hydroxylation sites is 1. The lowest BCUT2D eigenvalue weighted by Crippen LogP contribution is -2.45. The van der Waals surface area contributed by atoms with E-state index >= 15 is 0 Å². The second-order valence-electron chi connectivity index (χ2n) is 5.73. The van der Waals surface area contributed by atoms with E-state index in [2.05, 4.69) is 16.7 Å². The molecule has 5 heteroatoms. The summed E-state index contributed by atoms with van der Waals surface area (Å²) in [6.45, 7) is 1.49. The van der Waals surface area contributed by atoms with Crippen molar-refractivity contribution in [3.05, 3.63) is 29.8 Å². The molecule has 0 saturated carbocycles. The maximum atomic E-state index is 12.6. The van der Waals surface area contributed by atoms with Gasteiger partial charge in [0.25, 0.3) is 0 Å². The van der Waals surface area contributed by atoms with Crippen LogP contribution in [0.2, 0.25) is 0 Å². The van der Waals surface area contributed by atoms with Crippen LogP contribution >= 0.6 is 0 Å². The highest BCUT2D eigenvalue weighted by atomic mass is 16.2. The molecule has 2 aliphatic rings. The first-order valence-electron chi connectivity index (χ1n) is 7.54. The fraction of sp³-hybridized carbons (Fsp3) is 0.500. The molecule has 21 heavy (non-hydrogen) atoms. The van der Waals surface area contributed by atoms with Gasteiger partial charge in [-0.25, -0.2) is 0 Å². The summed E-state index contributed by atoms with van der Waals surface area (Å²) < 4.78 is 0. The summed E-state index contributed by atoms with van der Waals surface area (Å²) in [6.07, 6.45) is 2.14. The van der Waals surface area contributed by atoms with Gasteiger partial charge in [0.2, 0.25) is 11.8 Å². The second-order valence-corrected chi connectivity index (χ2v) is 5.73. The lowest BCUT2D eigenvalue weighted by atomic mass is 9.97. The summed E-state index contributed by atoms with van der Waals surface area (Å²) in [4.78, 5) is 26.2. The van der Waals surface area contributed by atoms with E-state index in [-0.39, 0.29) is 23.8 Å². The molecule has 0 radical (unpaired) electrons. The van der Waals surface area contributed by atoms with E-state index in [9.17, 15) is 9.59 Å². The van der Waals surface area contributed by atoms with Gasteiger partial charge >= 0.3 is 0 Å². The molecular formula is C16H21N3O2. The number of amides is 2. The molecule has 2 amide bonds. The van der Waals surface area contributed by atoms with Crippen molar-refractivity contribution in [2.24, 2.45) is 0 Å². The molecule has 2 heterocycles. The molecule has 3 rings (SSSR count). The number of carbonyl (C=O) groups is 2. The van der Waals surface area contributed by atoms with E-state index in [4.69, 9.17) is 0 Å². The first-order chi connectivity index (χ1) is 10.2. The fourth-order valence-corrected chi connectivity index (χ4v) is 3.37. The number of hydrogen-bond acceptors (Lipinski definition) is 3. The van der Waals surface area contributed by atoms with Crippen LogP contribution in [0.25, 0.3) is 0 Å². The van der Waals surface area contributed by atoms with Crippen LogP contribution in [0.4, 0.5) is 5.69 Å². The second kappa shape index (κ2) is 5.76. The summed E-state index contributed by atoms with van der Waals surface area (Å²) in [5.74, 6) is 0.245. The van der Waals surface area contributed by atoms with Crippen LogP contribution in [0.5, 0.6) is 0 Å². The fourth-order valence-electron chi connectivity index (χ4n) is 3.37. The third kappa shape index (κ3) is 2.60. The number of anilines is 1. The quantitative estimate of drug-likeness (QED) is 0.881. The van der Waals surface area contributed by atoms with Crippen molar-refractivity contribution in [2.45, 2.75) is 31.2 Å². The van der Waals surface area contributed by atoms with Crippen LogP contribution in [0.3, 0.4) is 0 Å². The van der Waals surface area contributed by atoms with Gasteiger partial charge in [0, 0.05) is 38.2 Å². The number of rotatable bonds is 3. The summed E-state index contributed by atoms with van der Waals surface area (Å²) in [5, 5.41) is 6.00. The van der Waals surface area contributed by atoms with Crippen molar-refractivity contribution in [1.29, 1.82) is 0 Å². The molecule has 2 atom stereocenters. The predicted octanol–water partition coefficient (Wildman–Crippen LogP) is 1.32. The molecular weight excluding hydrogens is 266 g/mol. The van der Waals surface area contributed by atoms with Crippen LogP contribution < -0.4 is 10.6 Å². The first kappa shape index (κ1) is 13.9. The van der Waals surface area contributed by atoms with Crippen LogP contribution in [0, 0.1) is 0 Å². The summed E-state index contributed by atoms with van der Waals surface area (Å²) in [6, 6.07) is 7.84. The molecule has 0 spiro atoms. The van der Waals surface area contributed by atoms with Crippen LogP contribution in [-0.2, 0) is 9.59 Å². The Morgan fingerprint density at radius 3 is 3.00 bits per heavy atom. The van der Waals surface area contributed by atoms with E-state index in [1.807, 2.05) is 18.2 Å². The molecule has 0 bridgehead atoms. The average Bonchev–Trinajstić information content (AvgIpc) is 3.14. The van der Waals surface area contributed by atoms with Gasteiger partial charge in [-0.05, 0) is 24.5 Å². The van der Waals surface area contributed by atoms with E-state index in [1.165, 1.54) is 5.56 Å². The third-order valence-corrected chi connectivity index (χ3v) is 4.48. The van der Waals surface area contributed by atoms with Gasteiger partial charge in [-0.1, -0.05) is 18.2 Å². The van der Waals surface area contributed by atoms with Crippen molar-refractivity contribution in [3.63, 3.8) is 0 Å². The minimum atomic E-state index is -0.285. The minimum Gasteiger partial charge on any atom is -0.384 e. The predicted molar refractivity (Wildman–Crippen MR) is 81.1 cm³/mol. The first-order valence-corrected chi connectivity index (χ1v) is 7.54. The number of benzene rings is 1. The number of likely N-dealkylation sites (N-methyl/N-ethyl adjacent to an activating group) is 1. The number of nitrogens with one attached hydrogen (secondary N) is 2.